The minimum absolute atomic E-state index is 0.129. The van der Waals surface area contributed by atoms with Crippen LogP contribution in [0.5, 0.6) is 5.75 Å². The zero-order chi connectivity index (χ0) is 13.3. The van der Waals surface area contributed by atoms with Crippen molar-refractivity contribution < 1.29 is 13.5 Å². The second-order valence-corrected chi connectivity index (χ2v) is 7.89. The lowest BCUT2D eigenvalue weighted by atomic mass is 10.3. The van der Waals surface area contributed by atoms with Gasteiger partial charge in [-0.25, -0.2) is 8.42 Å². The molecule has 8 heteroatoms. The van der Waals surface area contributed by atoms with E-state index >= 15 is 0 Å². The summed E-state index contributed by atoms with van der Waals surface area (Å²) >= 11 is 7.48. The number of benzene rings is 1. The fraction of sp³-hybridized carbons (Fsp3) is 0. The van der Waals surface area contributed by atoms with Crippen molar-refractivity contribution in [1.29, 1.82) is 0 Å². The molecule has 0 aliphatic heterocycles. The molecule has 0 fully saturated rings. The maximum absolute atomic E-state index is 12.1. The molecule has 96 valence electrons. The second kappa shape index (κ2) is 5.20. The lowest BCUT2D eigenvalue weighted by Gasteiger charge is -2.09. The Morgan fingerprint density at radius 1 is 1.22 bits per heavy atom. The van der Waals surface area contributed by atoms with Gasteiger partial charge < -0.3 is 5.11 Å². The van der Waals surface area contributed by atoms with E-state index in [-0.39, 0.29) is 15.6 Å². The van der Waals surface area contributed by atoms with Gasteiger partial charge in [0.05, 0.1) is 5.69 Å². The molecule has 4 nitrogen and oxygen atoms in total. The van der Waals surface area contributed by atoms with E-state index in [4.69, 9.17) is 0 Å². The lowest BCUT2D eigenvalue weighted by molar-refractivity contribution is 0.477. The largest absolute Gasteiger partial charge is 0.506 e. The van der Waals surface area contributed by atoms with Crippen LogP contribution >= 0.6 is 43.2 Å². The molecule has 18 heavy (non-hydrogen) atoms. The first kappa shape index (κ1) is 13.9. The molecule has 2 N–H and O–H groups in total. The Kier molecular flexibility index (Phi) is 4.00. The molecule has 0 aliphatic rings. The van der Waals surface area contributed by atoms with E-state index in [1.807, 2.05) is 0 Å². The molecule has 0 saturated heterocycles. The fourth-order valence-corrected chi connectivity index (χ4v) is 5.02. The molecule has 0 saturated carbocycles. The summed E-state index contributed by atoms with van der Waals surface area (Å²) in [6.45, 7) is 0. The van der Waals surface area contributed by atoms with Crippen LogP contribution in [-0.2, 0) is 10.0 Å². The average molecular weight is 413 g/mol. The number of sulfonamides is 1. The monoisotopic (exact) mass is 411 g/mol. The Morgan fingerprint density at radius 2 is 1.94 bits per heavy atom. The van der Waals surface area contributed by atoms with Crippen LogP contribution in [0.1, 0.15) is 0 Å². The predicted octanol–water partition coefficient (Wildman–Crippen LogP) is 3.78. The molecule has 1 aromatic heterocycles. The number of hydrogen-bond acceptors (Lipinski definition) is 4. The van der Waals surface area contributed by atoms with Gasteiger partial charge in [0.25, 0.3) is 10.0 Å². The van der Waals surface area contributed by atoms with E-state index in [0.29, 0.717) is 8.95 Å². The van der Waals surface area contributed by atoms with Gasteiger partial charge in [0.15, 0.2) is 4.21 Å². The summed E-state index contributed by atoms with van der Waals surface area (Å²) in [5.41, 5.74) is 0.129. The molecule has 1 aromatic carbocycles. The van der Waals surface area contributed by atoms with Crippen molar-refractivity contribution in [1.82, 2.24) is 0 Å². The highest BCUT2D eigenvalue weighted by Crippen LogP contribution is 2.32. The second-order valence-electron chi connectivity index (χ2n) is 3.32. The molecule has 0 bridgehead atoms. The lowest BCUT2D eigenvalue weighted by Crippen LogP contribution is -2.12. The number of rotatable bonds is 3. The van der Waals surface area contributed by atoms with Crippen molar-refractivity contribution in [2.75, 3.05) is 4.72 Å². The standard InChI is InChI=1S/C10H7Br2NO3S2/c11-6-1-2-9(14)8(5-6)13-18(15,16)10-7(12)3-4-17-10/h1-5,13-14H. The molecule has 0 spiro atoms. The number of hydrogen-bond donors (Lipinski definition) is 2. The van der Waals surface area contributed by atoms with Crippen molar-refractivity contribution in [2.24, 2.45) is 0 Å². The number of anilines is 1. The molecular formula is C10H7Br2NO3S2. The fourth-order valence-electron chi connectivity index (χ4n) is 1.25. The summed E-state index contributed by atoms with van der Waals surface area (Å²) in [6, 6.07) is 6.17. The molecular weight excluding hydrogens is 406 g/mol. The number of thiophene rings is 1. The molecule has 0 radical (unpaired) electrons. The van der Waals surface area contributed by atoms with Gasteiger partial charge >= 0.3 is 0 Å². The van der Waals surface area contributed by atoms with Crippen molar-refractivity contribution in [2.45, 2.75) is 4.21 Å². The number of phenols is 1. The van der Waals surface area contributed by atoms with Crippen LogP contribution < -0.4 is 4.72 Å². The zero-order valence-corrected chi connectivity index (χ0v) is 13.5. The SMILES string of the molecule is O=S(=O)(Nc1cc(Br)ccc1O)c1sccc1Br. The molecule has 0 aliphatic carbocycles. The number of aromatic hydroxyl groups is 1. The Balaban J connectivity index is 2.40. The van der Waals surface area contributed by atoms with E-state index in [0.717, 1.165) is 11.3 Å². The molecule has 1 heterocycles. The van der Waals surface area contributed by atoms with Crippen LogP contribution in [0.3, 0.4) is 0 Å². The molecule has 0 atom stereocenters. The van der Waals surface area contributed by atoms with Gasteiger partial charge in [-0.05, 0) is 45.6 Å². The Bertz CT molecular complexity index is 682. The highest BCUT2D eigenvalue weighted by molar-refractivity contribution is 9.10. The highest BCUT2D eigenvalue weighted by Gasteiger charge is 2.20. The molecule has 0 amide bonds. The van der Waals surface area contributed by atoms with Crippen LogP contribution in [0.2, 0.25) is 0 Å². The smallest absolute Gasteiger partial charge is 0.272 e. The van der Waals surface area contributed by atoms with E-state index in [1.165, 1.54) is 12.1 Å². The molecule has 2 aromatic rings. The third-order valence-electron chi connectivity index (χ3n) is 2.03. The van der Waals surface area contributed by atoms with Gasteiger partial charge in [-0.3, -0.25) is 4.72 Å². The Labute approximate surface area is 125 Å². The topological polar surface area (TPSA) is 66.4 Å². The third-order valence-corrected chi connectivity index (χ3v) is 6.56. The van der Waals surface area contributed by atoms with Crippen LogP contribution in [-0.4, -0.2) is 13.5 Å². The van der Waals surface area contributed by atoms with Crippen LogP contribution in [0.15, 0.2) is 42.8 Å². The van der Waals surface area contributed by atoms with Crippen molar-refractivity contribution in [3.8, 4) is 5.75 Å². The quantitative estimate of drug-likeness (QED) is 0.753. The molecule has 0 unspecified atom stereocenters. The van der Waals surface area contributed by atoms with E-state index in [9.17, 15) is 13.5 Å². The first-order valence-electron chi connectivity index (χ1n) is 4.64. The van der Waals surface area contributed by atoms with E-state index in [1.54, 1.807) is 17.5 Å². The maximum atomic E-state index is 12.1. The summed E-state index contributed by atoms with van der Waals surface area (Å²) in [7, 11) is -3.70. The van der Waals surface area contributed by atoms with Crippen molar-refractivity contribution >= 4 is 58.9 Å². The summed E-state index contributed by atoms with van der Waals surface area (Å²) in [4.78, 5) is 0. The van der Waals surface area contributed by atoms with E-state index < -0.39 is 10.0 Å². The number of nitrogens with one attached hydrogen (secondary N) is 1. The number of halogens is 2. The Hall–Kier alpha value is -0.570. The summed E-state index contributed by atoms with van der Waals surface area (Å²) < 4.78 is 27.9. The Morgan fingerprint density at radius 3 is 2.56 bits per heavy atom. The van der Waals surface area contributed by atoms with Gasteiger partial charge in [0.2, 0.25) is 0 Å². The van der Waals surface area contributed by atoms with Gasteiger partial charge in [-0.15, -0.1) is 11.3 Å². The van der Waals surface area contributed by atoms with Crippen LogP contribution in [0.4, 0.5) is 5.69 Å². The van der Waals surface area contributed by atoms with Crippen molar-refractivity contribution in [3.63, 3.8) is 0 Å². The first-order valence-corrected chi connectivity index (χ1v) is 8.59. The summed E-state index contributed by atoms with van der Waals surface area (Å²) in [5, 5.41) is 11.3. The highest BCUT2D eigenvalue weighted by atomic mass is 79.9. The summed E-state index contributed by atoms with van der Waals surface area (Å²) in [6.07, 6.45) is 0. The van der Waals surface area contributed by atoms with Crippen molar-refractivity contribution in [3.05, 3.63) is 38.6 Å². The van der Waals surface area contributed by atoms with Gasteiger partial charge in [0.1, 0.15) is 5.75 Å². The normalized spacial score (nSPS) is 11.4. The van der Waals surface area contributed by atoms with Gasteiger partial charge in [-0.1, -0.05) is 15.9 Å². The molecule has 2 rings (SSSR count). The first-order chi connectivity index (χ1) is 8.40. The zero-order valence-electron chi connectivity index (χ0n) is 8.72. The summed E-state index contributed by atoms with van der Waals surface area (Å²) in [5.74, 6) is -0.130. The average Bonchev–Trinajstić information content (AvgIpc) is 2.70. The van der Waals surface area contributed by atoms with Crippen LogP contribution in [0.25, 0.3) is 0 Å². The van der Waals surface area contributed by atoms with Gasteiger partial charge in [-0.2, -0.15) is 0 Å². The van der Waals surface area contributed by atoms with E-state index in [2.05, 4.69) is 36.6 Å². The van der Waals surface area contributed by atoms with Crippen LogP contribution in [0, 0.1) is 0 Å². The van der Waals surface area contributed by atoms with Gasteiger partial charge in [0, 0.05) is 8.95 Å². The minimum Gasteiger partial charge on any atom is -0.506 e. The maximum Gasteiger partial charge on any atom is 0.272 e. The third kappa shape index (κ3) is 2.87. The predicted molar refractivity (Wildman–Crippen MR) is 78.6 cm³/mol. The minimum atomic E-state index is -3.70. The number of phenolic OH excluding ortho intramolecular Hbond substituents is 1.